The van der Waals surface area contributed by atoms with Crippen molar-refractivity contribution in [2.24, 2.45) is 0 Å². The standard InChI is InChI=1S/C14H26N2O/c1-2-3-4-5-6-7-8-9-14-15-10-11-16(14)12-13-17/h6-7,10-11,14-15,17H,2-5,8-9,12-13H2,1H3/b7-6+. The summed E-state index contributed by atoms with van der Waals surface area (Å²) in [7, 11) is 0. The normalized spacial score (nSPS) is 19.2. The molecule has 17 heavy (non-hydrogen) atoms. The molecule has 0 amide bonds. The Kier molecular flexibility index (Phi) is 7.56. The lowest BCUT2D eigenvalue weighted by Crippen LogP contribution is -2.36. The number of β-amino-alcohol motifs (C(OH)–C–C–N with tert-alkyl or cyclic N) is 1. The molecule has 1 aliphatic heterocycles. The van der Waals surface area contributed by atoms with Crippen molar-refractivity contribution in [2.75, 3.05) is 13.2 Å². The van der Waals surface area contributed by atoms with E-state index in [4.69, 9.17) is 5.11 Å². The second kappa shape index (κ2) is 9.11. The summed E-state index contributed by atoms with van der Waals surface area (Å²) in [6.07, 6.45) is 16.3. The number of unbranched alkanes of at least 4 members (excludes halogenated alkanes) is 3. The minimum Gasteiger partial charge on any atom is -0.395 e. The number of hydrogen-bond acceptors (Lipinski definition) is 3. The van der Waals surface area contributed by atoms with Crippen LogP contribution >= 0.6 is 0 Å². The van der Waals surface area contributed by atoms with Crippen LogP contribution in [0.4, 0.5) is 0 Å². The quantitative estimate of drug-likeness (QED) is 0.479. The van der Waals surface area contributed by atoms with E-state index >= 15 is 0 Å². The Hall–Kier alpha value is -0.960. The lowest BCUT2D eigenvalue weighted by Gasteiger charge is -2.24. The van der Waals surface area contributed by atoms with E-state index in [2.05, 4.69) is 29.3 Å². The van der Waals surface area contributed by atoms with Crippen molar-refractivity contribution in [3.63, 3.8) is 0 Å². The van der Waals surface area contributed by atoms with Gasteiger partial charge < -0.3 is 15.3 Å². The fraction of sp³-hybridized carbons (Fsp3) is 0.714. The first kappa shape index (κ1) is 14.1. The Morgan fingerprint density at radius 3 is 2.88 bits per heavy atom. The molecule has 0 aromatic carbocycles. The van der Waals surface area contributed by atoms with Crippen molar-refractivity contribution in [2.45, 2.75) is 51.6 Å². The van der Waals surface area contributed by atoms with Crippen LogP contribution in [-0.4, -0.2) is 29.3 Å². The third-order valence-electron chi connectivity index (χ3n) is 3.06. The maximum Gasteiger partial charge on any atom is 0.0985 e. The van der Waals surface area contributed by atoms with Gasteiger partial charge in [0.05, 0.1) is 12.8 Å². The highest BCUT2D eigenvalue weighted by atomic mass is 16.3. The molecular weight excluding hydrogens is 212 g/mol. The highest BCUT2D eigenvalue weighted by Gasteiger charge is 2.16. The fourth-order valence-electron chi connectivity index (χ4n) is 2.05. The van der Waals surface area contributed by atoms with Crippen LogP contribution in [0.5, 0.6) is 0 Å². The molecule has 3 nitrogen and oxygen atoms in total. The second-order valence-corrected chi connectivity index (χ2v) is 4.50. The van der Waals surface area contributed by atoms with E-state index in [0.717, 1.165) is 12.8 Å². The molecule has 3 heteroatoms. The number of nitrogens with zero attached hydrogens (tertiary/aromatic N) is 1. The van der Waals surface area contributed by atoms with Crippen LogP contribution in [0.3, 0.4) is 0 Å². The van der Waals surface area contributed by atoms with Crippen LogP contribution in [0.15, 0.2) is 24.6 Å². The maximum atomic E-state index is 8.92. The molecule has 2 N–H and O–H groups in total. The number of hydrogen-bond donors (Lipinski definition) is 2. The zero-order chi connectivity index (χ0) is 12.3. The number of nitrogens with one attached hydrogen (secondary N) is 1. The van der Waals surface area contributed by atoms with Crippen molar-refractivity contribution in [1.29, 1.82) is 0 Å². The molecule has 1 heterocycles. The zero-order valence-electron chi connectivity index (χ0n) is 10.9. The lowest BCUT2D eigenvalue weighted by atomic mass is 10.1. The summed E-state index contributed by atoms with van der Waals surface area (Å²) in [4.78, 5) is 2.16. The molecule has 1 rings (SSSR count). The molecule has 1 unspecified atom stereocenters. The Balaban J connectivity index is 2.05. The maximum absolute atomic E-state index is 8.92. The largest absolute Gasteiger partial charge is 0.395 e. The molecule has 1 aliphatic rings. The van der Waals surface area contributed by atoms with Gasteiger partial charge in [0.1, 0.15) is 0 Å². The minimum absolute atomic E-state index is 0.218. The van der Waals surface area contributed by atoms with Crippen molar-refractivity contribution in [1.82, 2.24) is 10.2 Å². The van der Waals surface area contributed by atoms with Crippen molar-refractivity contribution < 1.29 is 5.11 Å². The Bertz CT molecular complexity index is 238. The number of rotatable bonds is 9. The summed E-state index contributed by atoms with van der Waals surface area (Å²) in [6, 6.07) is 0. The van der Waals surface area contributed by atoms with E-state index in [1.54, 1.807) is 0 Å². The van der Waals surface area contributed by atoms with Gasteiger partial charge in [-0.1, -0.05) is 31.9 Å². The predicted octanol–water partition coefficient (Wildman–Crippen LogP) is 2.60. The van der Waals surface area contributed by atoms with Crippen LogP contribution in [0.25, 0.3) is 0 Å². The summed E-state index contributed by atoms with van der Waals surface area (Å²) in [5.41, 5.74) is 0. The second-order valence-electron chi connectivity index (χ2n) is 4.50. The summed E-state index contributed by atoms with van der Waals surface area (Å²) < 4.78 is 0. The van der Waals surface area contributed by atoms with Gasteiger partial charge in [-0.05, 0) is 25.7 Å². The predicted molar refractivity (Wildman–Crippen MR) is 72.4 cm³/mol. The smallest absolute Gasteiger partial charge is 0.0985 e. The van der Waals surface area contributed by atoms with Gasteiger partial charge in [-0.25, -0.2) is 0 Å². The van der Waals surface area contributed by atoms with Gasteiger partial charge in [-0.15, -0.1) is 0 Å². The third-order valence-corrected chi connectivity index (χ3v) is 3.06. The van der Waals surface area contributed by atoms with Crippen LogP contribution in [-0.2, 0) is 0 Å². The Labute approximate surface area is 105 Å². The monoisotopic (exact) mass is 238 g/mol. The Morgan fingerprint density at radius 2 is 2.12 bits per heavy atom. The Morgan fingerprint density at radius 1 is 1.29 bits per heavy atom. The molecule has 0 bridgehead atoms. The third kappa shape index (κ3) is 5.78. The van der Waals surface area contributed by atoms with Crippen molar-refractivity contribution in [3.8, 4) is 0 Å². The molecule has 0 aromatic heterocycles. The topological polar surface area (TPSA) is 35.5 Å². The van der Waals surface area contributed by atoms with Crippen LogP contribution < -0.4 is 5.32 Å². The number of aliphatic hydroxyl groups excluding tert-OH is 1. The van der Waals surface area contributed by atoms with Gasteiger partial charge in [-0.3, -0.25) is 0 Å². The molecule has 0 fully saturated rings. The van der Waals surface area contributed by atoms with Gasteiger partial charge in [0.25, 0.3) is 0 Å². The number of allylic oxidation sites excluding steroid dienone is 2. The fourth-order valence-corrected chi connectivity index (χ4v) is 2.05. The van der Waals surface area contributed by atoms with E-state index in [9.17, 15) is 0 Å². The first-order chi connectivity index (χ1) is 8.38. The lowest BCUT2D eigenvalue weighted by molar-refractivity contribution is 0.196. The number of aliphatic hydroxyl groups is 1. The molecule has 1 atom stereocenters. The van der Waals surface area contributed by atoms with Crippen molar-refractivity contribution >= 4 is 0 Å². The van der Waals surface area contributed by atoms with E-state index < -0.39 is 0 Å². The molecule has 0 saturated heterocycles. The van der Waals surface area contributed by atoms with E-state index in [-0.39, 0.29) is 6.61 Å². The minimum atomic E-state index is 0.218. The van der Waals surface area contributed by atoms with E-state index in [1.807, 2.05) is 12.4 Å². The van der Waals surface area contributed by atoms with Gasteiger partial charge in [0.15, 0.2) is 0 Å². The molecule has 0 radical (unpaired) electrons. The SMILES string of the molecule is CCCCC/C=C/CCC1NC=CN1CCO. The first-order valence-corrected chi connectivity index (χ1v) is 6.82. The highest BCUT2D eigenvalue weighted by Crippen LogP contribution is 2.10. The van der Waals surface area contributed by atoms with Crippen LogP contribution in [0.1, 0.15) is 45.4 Å². The average Bonchev–Trinajstić information content (AvgIpc) is 2.76. The molecule has 0 aromatic rings. The zero-order valence-corrected chi connectivity index (χ0v) is 10.9. The molecule has 0 aliphatic carbocycles. The van der Waals surface area contributed by atoms with Gasteiger partial charge in [0, 0.05) is 18.9 Å². The molecular formula is C14H26N2O. The molecule has 0 saturated carbocycles. The summed E-state index contributed by atoms with van der Waals surface area (Å²) in [5, 5.41) is 12.2. The van der Waals surface area contributed by atoms with Gasteiger partial charge in [-0.2, -0.15) is 0 Å². The van der Waals surface area contributed by atoms with Crippen LogP contribution in [0.2, 0.25) is 0 Å². The summed E-state index contributed by atoms with van der Waals surface area (Å²) in [6.45, 7) is 3.17. The first-order valence-electron chi connectivity index (χ1n) is 6.82. The van der Waals surface area contributed by atoms with E-state index in [0.29, 0.717) is 12.7 Å². The molecule has 98 valence electrons. The average molecular weight is 238 g/mol. The summed E-state index contributed by atoms with van der Waals surface area (Å²) >= 11 is 0. The van der Waals surface area contributed by atoms with Gasteiger partial charge >= 0.3 is 0 Å². The van der Waals surface area contributed by atoms with Gasteiger partial charge in [0.2, 0.25) is 0 Å². The highest BCUT2D eigenvalue weighted by molar-refractivity contribution is 4.95. The van der Waals surface area contributed by atoms with E-state index in [1.165, 1.54) is 25.7 Å². The summed E-state index contributed by atoms with van der Waals surface area (Å²) in [5.74, 6) is 0. The van der Waals surface area contributed by atoms with Crippen LogP contribution in [0, 0.1) is 0 Å². The molecule has 0 spiro atoms. The van der Waals surface area contributed by atoms with Crippen molar-refractivity contribution in [3.05, 3.63) is 24.6 Å².